The number of fused-ring (bicyclic) bond motifs is 7. The van der Waals surface area contributed by atoms with Crippen LogP contribution < -0.4 is 0 Å². The van der Waals surface area contributed by atoms with E-state index in [0.717, 1.165) is 44.9 Å². The molecule has 2 aliphatic heterocycles. The molecule has 0 amide bonds. The Morgan fingerprint density at radius 3 is 1.75 bits per heavy atom. The van der Waals surface area contributed by atoms with Gasteiger partial charge in [0.05, 0.1) is 34.5 Å². The molecule has 2 heterocycles. The van der Waals surface area contributed by atoms with Gasteiger partial charge < -0.3 is 38.3 Å². The largest absolute Gasteiger partial charge is 0.459 e. The summed E-state index contributed by atoms with van der Waals surface area (Å²) in [5.41, 5.74) is 4.17. The summed E-state index contributed by atoms with van der Waals surface area (Å²) in [6.07, 6.45) is 3.77. The van der Waals surface area contributed by atoms with Crippen LogP contribution in [0.5, 0.6) is 0 Å². The third kappa shape index (κ3) is 9.48. The second-order valence-electron chi connectivity index (χ2n) is 21.5. The SMILES string of the molecule is CC=C=CC1(O)OC2CC3C4CCC5CC(OC6OC(COC(=O)c7ccccc7)C(OC(=O)c7ccccc7)C(OC(=O)c7ccccc7)C6OC(=O)c6ccccc6)CCC5(C)C4CCC3(C)C2C1C. The lowest BCUT2D eigenvalue weighted by Gasteiger charge is -2.61. The third-order valence-electron chi connectivity index (χ3n) is 17.8. The van der Waals surface area contributed by atoms with Crippen molar-refractivity contribution in [3.63, 3.8) is 0 Å². The fourth-order valence-corrected chi connectivity index (χ4v) is 14.2. The summed E-state index contributed by atoms with van der Waals surface area (Å²) < 4.78 is 45.3. The Morgan fingerprint density at radius 1 is 0.653 bits per heavy atom. The molecule has 4 aromatic carbocycles. The normalized spacial score (nSPS) is 36.4. The summed E-state index contributed by atoms with van der Waals surface area (Å²) >= 11 is 0. The predicted octanol–water partition coefficient (Wildman–Crippen LogP) is 10.4. The van der Waals surface area contributed by atoms with Crippen molar-refractivity contribution in [2.24, 2.45) is 46.3 Å². The minimum absolute atomic E-state index is 0.00527. The van der Waals surface area contributed by atoms with Crippen LogP contribution in [0.25, 0.3) is 0 Å². The summed E-state index contributed by atoms with van der Waals surface area (Å²) in [4.78, 5) is 56.0. The minimum Gasteiger partial charge on any atom is -0.459 e. The Bertz CT molecular complexity index is 2640. The second kappa shape index (κ2) is 20.6. The van der Waals surface area contributed by atoms with Crippen molar-refractivity contribution in [3.8, 4) is 0 Å². The van der Waals surface area contributed by atoms with Gasteiger partial charge in [-0.3, -0.25) is 0 Å². The number of ether oxygens (including phenoxy) is 7. The van der Waals surface area contributed by atoms with Crippen LogP contribution >= 0.6 is 0 Å². The van der Waals surface area contributed by atoms with E-state index in [1.807, 2.05) is 13.0 Å². The first-order valence-corrected chi connectivity index (χ1v) is 25.9. The molecular weight excluding hydrogens is 913 g/mol. The van der Waals surface area contributed by atoms with E-state index >= 15 is 0 Å². The van der Waals surface area contributed by atoms with Gasteiger partial charge in [-0.25, -0.2) is 19.2 Å². The molecule has 4 aliphatic carbocycles. The lowest BCUT2D eigenvalue weighted by Crippen LogP contribution is -2.64. The maximum Gasteiger partial charge on any atom is 0.338 e. The summed E-state index contributed by atoms with van der Waals surface area (Å²) in [6, 6.07) is 33.6. The number of rotatable bonds is 12. The summed E-state index contributed by atoms with van der Waals surface area (Å²) in [5, 5.41) is 11.6. The molecule has 72 heavy (non-hydrogen) atoms. The van der Waals surface area contributed by atoms with Crippen LogP contribution in [0.15, 0.2) is 139 Å². The molecule has 378 valence electrons. The molecule has 0 aromatic heterocycles. The van der Waals surface area contributed by atoms with Gasteiger partial charge in [-0.05, 0) is 153 Å². The smallest absolute Gasteiger partial charge is 0.338 e. The Morgan fingerprint density at radius 2 is 1.18 bits per heavy atom. The van der Waals surface area contributed by atoms with E-state index < -0.39 is 67.0 Å². The van der Waals surface area contributed by atoms with E-state index in [0.29, 0.717) is 35.7 Å². The van der Waals surface area contributed by atoms with Crippen molar-refractivity contribution in [1.82, 2.24) is 0 Å². The Hall–Kier alpha value is -5.88. The lowest BCUT2D eigenvalue weighted by molar-refractivity contribution is -0.313. The number of hydrogen-bond acceptors (Lipinski definition) is 12. The molecule has 6 aliphatic rings. The summed E-state index contributed by atoms with van der Waals surface area (Å²) in [5.74, 6) is -2.08. The van der Waals surface area contributed by atoms with Gasteiger partial charge in [0.25, 0.3) is 0 Å². The minimum atomic E-state index is -1.49. The van der Waals surface area contributed by atoms with Crippen molar-refractivity contribution in [2.45, 2.75) is 128 Å². The Labute approximate surface area is 422 Å². The van der Waals surface area contributed by atoms with Gasteiger partial charge in [-0.2, -0.15) is 0 Å². The van der Waals surface area contributed by atoms with Crippen molar-refractivity contribution in [1.29, 1.82) is 0 Å². The molecule has 4 aromatic rings. The Balaban J connectivity index is 0.941. The van der Waals surface area contributed by atoms with Gasteiger partial charge in [-0.15, -0.1) is 5.73 Å². The van der Waals surface area contributed by atoms with Gasteiger partial charge >= 0.3 is 23.9 Å². The first kappa shape index (κ1) is 49.7. The van der Waals surface area contributed by atoms with Gasteiger partial charge in [-0.1, -0.05) is 93.6 Å². The highest BCUT2D eigenvalue weighted by atomic mass is 16.7. The van der Waals surface area contributed by atoms with Crippen LogP contribution in [0.2, 0.25) is 0 Å². The molecule has 4 saturated carbocycles. The van der Waals surface area contributed by atoms with Crippen LogP contribution in [-0.2, 0) is 33.2 Å². The number of carbonyl (C=O) groups is 4. The molecule has 0 spiro atoms. The maximum absolute atomic E-state index is 14.2. The topological polar surface area (TPSA) is 153 Å². The van der Waals surface area contributed by atoms with Gasteiger partial charge in [0, 0.05) is 12.0 Å². The van der Waals surface area contributed by atoms with Gasteiger partial charge in [0.2, 0.25) is 0 Å². The van der Waals surface area contributed by atoms with Crippen molar-refractivity contribution in [3.05, 3.63) is 161 Å². The molecule has 0 radical (unpaired) electrons. The fraction of sp³-hybridized carbons (Fsp3) is 0.483. The molecule has 1 N–H and O–H groups in total. The van der Waals surface area contributed by atoms with Gasteiger partial charge in [0.1, 0.15) is 12.7 Å². The molecule has 6 fully saturated rings. The first-order chi connectivity index (χ1) is 34.8. The van der Waals surface area contributed by atoms with Crippen molar-refractivity contribution >= 4 is 23.9 Å². The molecule has 2 saturated heterocycles. The Kier molecular flexibility index (Phi) is 14.2. The first-order valence-electron chi connectivity index (χ1n) is 25.9. The van der Waals surface area contributed by atoms with Gasteiger partial charge in [0.15, 0.2) is 30.4 Å². The van der Waals surface area contributed by atoms with E-state index in [-0.39, 0.29) is 51.6 Å². The molecule has 12 heteroatoms. The monoisotopic (exact) mass is 978 g/mol. The highest BCUT2D eigenvalue weighted by Crippen LogP contribution is 2.71. The molecule has 12 nitrogen and oxygen atoms in total. The average molecular weight is 979 g/mol. The zero-order valence-electron chi connectivity index (χ0n) is 41.5. The molecule has 16 unspecified atom stereocenters. The zero-order chi connectivity index (χ0) is 50.2. The number of esters is 4. The second-order valence-corrected chi connectivity index (χ2v) is 21.5. The maximum atomic E-state index is 14.2. The molecular formula is C60H66O12. The van der Waals surface area contributed by atoms with Crippen LogP contribution in [0.3, 0.4) is 0 Å². The van der Waals surface area contributed by atoms with Crippen LogP contribution in [0.1, 0.15) is 120 Å². The highest BCUT2D eigenvalue weighted by molar-refractivity contribution is 5.91. The lowest BCUT2D eigenvalue weighted by atomic mass is 9.44. The quantitative estimate of drug-likeness (QED) is 0.0622. The van der Waals surface area contributed by atoms with Crippen molar-refractivity contribution < 1.29 is 57.4 Å². The number of benzene rings is 4. The van der Waals surface area contributed by atoms with E-state index in [2.05, 4.69) is 26.5 Å². The van der Waals surface area contributed by atoms with Crippen molar-refractivity contribution in [2.75, 3.05) is 6.61 Å². The van der Waals surface area contributed by atoms with Crippen LogP contribution in [-0.4, -0.2) is 84.3 Å². The van der Waals surface area contributed by atoms with E-state index in [1.165, 1.54) is 0 Å². The van der Waals surface area contributed by atoms with E-state index in [4.69, 9.17) is 33.2 Å². The third-order valence-corrected chi connectivity index (χ3v) is 17.8. The summed E-state index contributed by atoms with van der Waals surface area (Å²) in [7, 11) is 0. The number of aliphatic hydroxyl groups is 1. The van der Waals surface area contributed by atoms with Crippen LogP contribution in [0.4, 0.5) is 0 Å². The predicted molar refractivity (Wildman–Crippen MR) is 265 cm³/mol. The molecule has 0 bridgehead atoms. The molecule has 16 atom stereocenters. The standard InChI is InChI=1S/C60H66O12/c1-5-6-31-60(65)37(2)49-47(72-60)35-46-44-28-27-42-34-43(29-32-58(42,3)45(44)30-33-59(46,49)4)67-57-52(71-56(64)41-25-17-10-18-26-41)51(70-55(63)40-23-15-9-16-24-40)50(69-54(62)39-21-13-8-14-22-39)48(68-57)36-66-53(61)38-19-11-7-12-20-38/h5,7-26,31,37,42-52,57,65H,27-30,32-36H2,1-4H3. The fourth-order valence-electron chi connectivity index (χ4n) is 14.2. The highest BCUT2D eigenvalue weighted by Gasteiger charge is 2.68. The molecule has 10 rings (SSSR count). The van der Waals surface area contributed by atoms with E-state index in [9.17, 15) is 24.3 Å². The average Bonchev–Trinajstić information content (AvgIpc) is 3.84. The summed E-state index contributed by atoms with van der Waals surface area (Å²) in [6.45, 7) is 8.56. The van der Waals surface area contributed by atoms with E-state index in [1.54, 1.807) is 127 Å². The number of hydrogen-bond donors (Lipinski definition) is 1. The van der Waals surface area contributed by atoms with Crippen LogP contribution in [0, 0.1) is 46.3 Å². The number of carbonyl (C=O) groups excluding carboxylic acids is 4. The zero-order valence-corrected chi connectivity index (χ0v) is 41.5.